The molecule has 0 aromatic carbocycles. The molecule has 127 valence electrons. The third-order valence-electron chi connectivity index (χ3n) is 3.15. The summed E-state index contributed by atoms with van der Waals surface area (Å²) in [5.41, 5.74) is 4.64. The van der Waals surface area contributed by atoms with Gasteiger partial charge < -0.3 is 9.80 Å². The fourth-order valence-electron chi connectivity index (χ4n) is 1.85. The second kappa shape index (κ2) is 11.2. The molecule has 0 bridgehead atoms. The Kier molecular flexibility index (Phi) is 9.95. The molecule has 22 heavy (non-hydrogen) atoms. The van der Waals surface area contributed by atoms with E-state index in [2.05, 4.69) is 52.6 Å². The van der Waals surface area contributed by atoms with Gasteiger partial charge in [-0.25, -0.2) is 0 Å². The molecule has 1 fully saturated rings. The van der Waals surface area contributed by atoms with Crippen LogP contribution in [0, 0.1) is 0 Å². The summed E-state index contributed by atoms with van der Waals surface area (Å²) >= 11 is 6.11. The zero-order chi connectivity index (χ0) is 16.4. The van der Waals surface area contributed by atoms with E-state index in [9.17, 15) is 0 Å². The molecule has 0 spiro atoms. The molecule has 0 radical (unpaired) electrons. The van der Waals surface area contributed by atoms with Gasteiger partial charge >= 0.3 is 33.3 Å². The Hall–Kier alpha value is -0.431. The molecule has 0 unspecified atom stereocenters. The number of thiocarbonyl (C=S) groups is 1. The molecule has 0 aliphatic carbocycles. The Morgan fingerprint density at radius 2 is 1.95 bits per heavy atom. The second-order valence-electron chi connectivity index (χ2n) is 4.66. The van der Waals surface area contributed by atoms with Crippen molar-refractivity contribution in [1.29, 1.82) is 0 Å². The fraction of sp³-hybridized carbons (Fsp3) is 0.462. The quantitative estimate of drug-likeness (QED) is 0.350. The van der Waals surface area contributed by atoms with Gasteiger partial charge in [0.15, 0.2) is 5.11 Å². The molecule has 1 N–H and O–H groups in total. The summed E-state index contributed by atoms with van der Waals surface area (Å²) in [5.74, 6) is 0. The molecule has 0 atom stereocenters. The molecule has 2 heterocycles. The summed E-state index contributed by atoms with van der Waals surface area (Å²) < 4.78 is 0. The molecule has 2 rings (SSSR count). The zero-order valence-corrected chi connectivity index (χ0v) is 15.7. The van der Waals surface area contributed by atoms with E-state index in [-0.39, 0.29) is 0 Å². The van der Waals surface area contributed by atoms with Crippen molar-refractivity contribution < 1.29 is 13.1 Å². The summed E-state index contributed by atoms with van der Waals surface area (Å²) in [6.45, 7) is 5.87. The molecule has 1 aliphatic heterocycles. The molecule has 1 saturated heterocycles. The van der Waals surface area contributed by atoms with Crippen molar-refractivity contribution in [3.63, 3.8) is 0 Å². The molecular weight excluding hydrogens is 393 g/mol. The monoisotopic (exact) mass is 410 g/mol. The van der Waals surface area contributed by atoms with Gasteiger partial charge in [-0.2, -0.15) is 5.10 Å². The number of halogens is 2. The number of pyridine rings is 1. The number of hydrogen-bond donors (Lipinski definition) is 1. The van der Waals surface area contributed by atoms with Crippen molar-refractivity contribution in [3.8, 4) is 0 Å². The maximum absolute atomic E-state index is 5.35. The van der Waals surface area contributed by atoms with E-state index in [0.29, 0.717) is 5.11 Å². The van der Waals surface area contributed by atoms with Crippen molar-refractivity contribution >= 4 is 43.2 Å². The summed E-state index contributed by atoms with van der Waals surface area (Å²) in [6.07, 6.45) is 1.76. The van der Waals surface area contributed by atoms with E-state index in [1.54, 1.807) is 6.20 Å². The standard InChI is InChI=1S/C13H19N5S.2ClH.Cu/c1-11(12-5-3-4-6-14-12)15-16-13(19)18-9-7-17(2)8-10-18;;;/h3-6H,7-10H2,1-2H3,(H,16,19);2*1H;/q;;;+2/p-2. The predicted octanol–water partition coefficient (Wildman–Crippen LogP) is 2.30. The number of aromatic nitrogens is 1. The van der Waals surface area contributed by atoms with Gasteiger partial charge in [0, 0.05) is 32.4 Å². The van der Waals surface area contributed by atoms with Crippen LogP contribution in [-0.4, -0.2) is 58.8 Å². The van der Waals surface area contributed by atoms with E-state index < -0.39 is 0 Å². The predicted molar refractivity (Wildman–Crippen MR) is 93.0 cm³/mol. The van der Waals surface area contributed by atoms with Crippen LogP contribution in [0.15, 0.2) is 29.5 Å². The van der Waals surface area contributed by atoms with Crippen molar-refractivity contribution in [3.05, 3.63) is 30.1 Å². The van der Waals surface area contributed by atoms with Gasteiger partial charge in [-0.15, -0.1) is 0 Å². The zero-order valence-electron chi connectivity index (χ0n) is 12.4. The van der Waals surface area contributed by atoms with E-state index in [1.807, 2.05) is 25.1 Å². The van der Waals surface area contributed by atoms with Crippen LogP contribution in [-0.2, 0) is 13.1 Å². The van der Waals surface area contributed by atoms with E-state index in [1.165, 1.54) is 0 Å². The van der Waals surface area contributed by atoms with Gasteiger partial charge in [0.1, 0.15) is 0 Å². The molecule has 0 saturated carbocycles. The number of nitrogens with zero attached hydrogens (tertiary/aromatic N) is 4. The summed E-state index contributed by atoms with van der Waals surface area (Å²) in [5, 5.41) is 4.98. The minimum absolute atomic E-state index is 0.684. The fourth-order valence-corrected chi connectivity index (χ4v) is 2.07. The van der Waals surface area contributed by atoms with Gasteiger partial charge in [0.25, 0.3) is 0 Å². The van der Waals surface area contributed by atoms with Gasteiger partial charge in [-0.1, -0.05) is 6.07 Å². The molecule has 5 nitrogen and oxygen atoms in total. The second-order valence-corrected chi connectivity index (χ2v) is 6.60. The van der Waals surface area contributed by atoms with Crippen molar-refractivity contribution in [2.24, 2.45) is 5.10 Å². The van der Waals surface area contributed by atoms with Crippen molar-refractivity contribution in [2.45, 2.75) is 6.92 Å². The van der Waals surface area contributed by atoms with Crippen LogP contribution < -0.4 is 5.43 Å². The number of piperazine rings is 1. The Morgan fingerprint density at radius 1 is 1.32 bits per heavy atom. The summed E-state index contributed by atoms with van der Waals surface area (Å²) in [4.78, 5) is 8.68. The van der Waals surface area contributed by atoms with E-state index in [4.69, 9.17) is 12.2 Å². The van der Waals surface area contributed by atoms with Gasteiger partial charge in [-0.05, 0) is 38.3 Å². The first-order valence-corrected chi connectivity index (χ1v) is 9.59. The van der Waals surface area contributed by atoms with Crippen molar-refractivity contribution in [1.82, 2.24) is 20.2 Å². The average Bonchev–Trinajstić information content (AvgIpc) is 2.54. The molecular formula is C13H19Cl2CuN5S. The van der Waals surface area contributed by atoms with Gasteiger partial charge in [-0.3, -0.25) is 10.4 Å². The number of likely N-dealkylation sites (N-methyl/N-ethyl adjacent to an activating group) is 1. The maximum atomic E-state index is 5.35. The molecule has 9 heteroatoms. The molecule has 1 aromatic heterocycles. The first-order chi connectivity index (χ1) is 10.6. The topological polar surface area (TPSA) is 43.8 Å². The Labute approximate surface area is 151 Å². The molecule has 1 aromatic rings. The van der Waals surface area contributed by atoms with Crippen LogP contribution in [0.5, 0.6) is 0 Å². The Bertz CT molecular complexity index is 481. The molecule has 0 amide bonds. The van der Waals surface area contributed by atoms with Gasteiger partial charge in [0.2, 0.25) is 0 Å². The Morgan fingerprint density at radius 3 is 2.50 bits per heavy atom. The van der Waals surface area contributed by atoms with Crippen LogP contribution in [0.1, 0.15) is 12.6 Å². The van der Waals surface area contributed by atoms with E-state index in [0.717, 1.165) is 50.7 Å². The van der Waals surface area contributed by atoms with Crippen LogP contribution in [0.3, 0.4) is 0 Å². The number of rotatable bonds is 2. The first-order valence-electron chi connectivity index (χ1n) is 6.59. The van der Waals surface area contributed by atoms with Gasteiger partial charge in [0.05, 0.1) is 11.4 Å². The SMILES string of the molecule is CC(=NNC(=S)N1CCN(C)CC1)c1ccccn1.[Cl][Cu][Cl]. The third kappa shape index (κ3) is 7.22. The average molecular weight is 412 g/mol. The number of nitrogens with one attached hydrogen (secondary N) is 1. The normalized spacial score (nSPS) is 16.0. The first kappa shape index (κ1) is 19.6. The van der Waals surface area contributed by atoms with Crippen LogP contribution >= 0.6 is 32.4 Å². The summed E-state index contributed by atoms with van der Waals surface area (Å²) in [6, 6.07) is 5.76. The molecule has 1 aliphatic rings. The van der Waals surface area contributed by atoms with Crippen LogP contribution in [0.2, 0.25) is 0 Å². The van der Waals surface area contributed by atoms with Crippen molar-refractivity contribution in [2.75, 3.05) is 33.2 Å². The number of hydrogen-bond acceptors (Lipinski definition) is 4. The van der Waals surface area contributed by atoms with Crippen LogP contribution in [0.25, 0.3) is 0 Å². The van der Waals surface area contributed by atoms with E-state index >= 15 is 0 Å². The summed E-state index contributed by atoms with van der Waals surface area (Å²) in [7, 11) is 11.5. The minimum atomic E-state index is 0.684. The third-order valence-corrected chi connectivity index (χ3v) is 3.49. The van der Waals surface area contributed by atoms with Crippen LogP contribution in [0.4, 0.5) is 0 Å². The number of hydrazone groups is 1. The Balaban J connectivity index is 0.000000745.